The normalized spacial score (nSPS) is 10.3. The molecule has 0 aliphatic carbocycles. The number of amides is 1. The molecule has 0 fully saturated rings. The van der Waals surface area contributed by atoms with E-state index >= 15 is 0 Å². The molecule has 0 saturated heterocycles. The third-order valence-electron chi connectivity index (χ3n) is 2.94. The van der Waals surface area contributed by atoms with Gasteiger partial charge in [0.1, 0.15) is 0 Å². The van der Waals surface area contributed by atoms with Crippen LogP contribution in [0.4, 0.5) is 11.4 Å². The first-order valence-corrected chi connectivity index (χ1v) is 6.26. The molecule has 0 aliphatic rings. The number of halogens is 1. The number of hydrogen-bond acceptors (Lipinski definition) is 2. The Kier molecular flexibility index (Phi) is 3.76. The number of carbonyl (C=O) groups excluding carboxylic acids is 1. The number of hydrogen-bond donors (Lipinski definition) is 1. The van der Waals surface area contributed by atoms with Gasteiger partial charge >= 0.3 is 0 Å². The van der Waals surface area contributed by atoms with Crippen molar-refractivity contribution in [1.29, 1.82) is 0 Å². The van der Waals surface area contributed by atoms with Crippen LogP contribution in [-0.2, 0) is 0 Å². The predicted octanol–water partition coefficient (Wildman–Crippen LogP) is 3.51. The summed E-state index contributed by atoms with van der Waals surface area (Å²) in [6, 6.07) is 12.7. The number of anilines is 2. The molecule has 4 heteroatoms. The van der Waals surface area contributed by atoms with Crippen molar-refractivity contribution in [2.24, 2.45) is 0 Å². The minimum atomic E-state index is -0.118. The van der Waals surface area contributed by atoms with Gasteiger partial charge < -0.3 is 10.6 Å². The molecule has 3 nitrogen and oxygen atoms in total. The summed E-state index contributed by atoms with van der Waals surface area (Å²) in [5.74, 6) is -0.118. The van der Waals surface area contributed by atoms with Crippen LogP contribution in [0.25, 0.3) is 0 Å². The van der Waals surface area contributed by atoms with Crippen molar-refractivity contribution >= 4 is 28.9 Å². The molecule has 2 N–H and O–H groups in total. The second-order valence-corrected chi connectivity index (χ2v) is 4.85. The average molecular weight is 275 g/mol. The zero-order valence-corrected chi connectivity index (χ0v) is 11.6. The summed E-state index contributed by atoms with van der Waals surface area (Å²) >= 11 is 5.94. The van der Waals surface area contributed by atoms with Crippen LogP contribution in [-0.4, -0.2) is 13.0 Å². The van der Waals surface area contributed by atoms with Crippen molar-refractivity contribution < 1.29 is 4.79 Å². The van der Waals surface area contributed by atoms with E-state index in [4.69, 9.17) is 17.3 Å². The van der Waals surface area contributed by atoms with Crippen LogP contribution in [0.5, 0.6) is 0 Å². The Labute approximate surface area is 117 Å². The summed E-state index contributed by atoms with van der Waals surface area (Å²) in [7, 11) is 1.74. The fourth-order valence-corrected chi connectivity index (χ4v) is 1.99. The Hall–Kier alpha value is -2.00. The van der Waals surface area contributed by atoms with Crippen LogP contribution in [0, 0.1) is 6.92 Å². The lowest BCUT2D eigenvalue weighted by Gasteiger charge is -2.18. The highest BCUT2D eigenvalue weighted by Gasteiger charge is 2.14. The maximum absolute atomic E-state index is 12.3. The maximum Gasteiger partial charge on any atom is 0.258 e. The van der Waals surface area contributed by atoms with Gasteiger partial charge in [-0.2, -0.15) is 0 Å². The Morgan fingerprint density at radius 2 is 1.95 bits per heavy atom. The largest absolute Gasteiger partial charge is 0.398 e. The van der Waals surface area contributed by atoms with Crippen molar-refractivity contribution in [1.82, 2.24) is 0 Å². The molecule has 0 radical (unpaired) electrons. The molecule has 2 aromatic rings. The van der Waals surface area contributed by atoms with E-state index < -0.39 is 0 Å². The molecule has 2 rings (SSSR count). The third kappa shape index (κ3) is 2.88. The van der Waals surface area contributed by atoms with Gasteiger partial charge in [0.2, 0.25) is 0 Å². The van der Waals surface area contributed by atoms with Crippen LogP contribution in [0.1, 0.15) is 15.9 Å². The molecular formula is C15H15ClN2O. The van der Waals surface area contributed by atoms with Crippen LogP contribution in [0.15, 0.2) is 42.5 Å². The molecule has 2 aromatic carbocycles. The van der Waals surface area contributed by atoms with E-state index in [9.17, 15) is 4.79 Å². The molecule has 0 aromatic heterocycles. The van der Waals surface area contributed by atoms with E-state index in [1.165, 1.54) is 0 Å². The molecule has 0 unspecified atom stereocenters. The molecule has 1 amide bonds. The van der Waals surface area contributed by atoms with Gasteiger partial charge in [-0.3, -0.25) is 4.79 Å². The maximum atomic E-state index is 12.3. The molecule has 98 valence electrons. The monoisotopic (exact) mass is 274 g/mol. The number of nitrogen functional groups attached to an aromatic ring is 1. The van der Waals surface area contributed by atoms with Crippen molar-refractivity contribution in [3.05, 3.63) is 58.6 Å². The lowest BCUT2D eigenvalue weighted by Crippen LogP contribution is -2.26. The second kappa shape index (κ2) is 5.33. The summed E-state index contributed by atoms with van der Waals surface area (Å²) < 4.78 is 0. The first kappa shape index (κ1) is 13.4. The number of nitrogens with two attached hydrogens (primary N) is 1. The van der Waals surface area contributed by atoms with Gasteiger partial charge in [0, 0.05) is 18.3 Å². The van der Waals surface area contributed by atoms with Crippen LogP contribution in [0.2, 0.25) is 5.02 Å². The van der Waals surface area contributed by atoms with E-state index in [1.807, 2.05) is 31.2 Å². The number of aryl methyl sites for hydroxylation is 1. The number of benzene rings is 2. The molecule has 0 spiro atoms. The SMILES string of the molecule is Cc1cccc(N(C)C(=O)c2ccc(N)c(Cl)c2)c1. The van der Waals surface area contributed by atoms with Gasteiger partial charge in [0.25, 0.3) is 5.91 Å². The first-order chi connectivity index (χ1) is 8.99. The summed E-state index contributed by atoms with van der Waals surface area (Å²) in [5.41, 5.74) is 8.57. The van der Waals surface area contributed by atoms with E-state index in [1.54, 1.807) is 30.1 Å². The van der Waals surface area contributed by atoms with Gasteiger partial charge in [-0.1, -0.05) is 23.7 Å². The highest BCUT2D eigenvalue weighted by atomic mass is 35.5. The van der Waals surface area contributed by atoms with Crippen molar-refractivity contribution in [3.8, 4) is 0 Å². The van der Waals surface area contributed by atoms with Crippen molar-refractivity contribution in [2.45, 2.75) is 6.92 Å². The second-order valence-electron chi connectivity index (χ2n) is 4.44. The molecule has 0 heterocycles. The summed E-state index contributed by atoms with van der Waals surface area (Å²) in [4.78, 5) is 13.9. The third-order valence-corrected chi connectivity index (χ3v) is 3.27. The van der Waals surface area contributed by atoms with E-state index in [0.717, 1.165) is 11.3 Å². The number of nitrogens with zero attached hydrogens (tertiary/aromatic N) is 1. The van der Waals surface area contributed by atoms with Gasteiger partial charge in [-0.15, -0.1) is 0 Å². The van der Waals surface area contributed by atoms with Crippen molar-refractivity contribution in [2.75, 3.05) is 17.7 Å². The Morgan fingerprint density at radius 3 is 2.58 bits per heavy atom. The fraction of sp³-hybridized carbons (Fsp3) is 0.133. The van der Waals surface area contributed by atoms with Crippen molar-refractivity contribution in [3.63, 3.8) is 0 Å². The highest BCUT2D eigenvalue weighted by Crippen LogP contribution is 2.22. The van der Waals surface area contributed by atoms with Crippen LogP contribution >= 0.6 is 11.6 Å². The Morgan fingerprint density at radius 1 is 1.21 bits per heavy atom. The summed E-state index contributed by atoms with van der Waals surface area (Å²) in [5, 5.41) is 0.392. The lowest BCUT2D eigenvalue weighted by atomic mass is 10.1. The fourth-order valence-electron chi connectivity index (χ4n) is 1.81. The Bertz CT molecular complexity index is 625. The van der Waals surface area contributed by atoms with Crippen LogP contribution in [0.3, 0.4) is 0 Å². The standard InChI is InChI=1S/C15H15ClN2O/c1-10-4-3-5-12(8-10)18(2)15(19)11-6-7-14(17)13(16)9-11/h3-9H,17H2,1-2H3. The molecule has 19 heavy (non-hydrogen) atoms. The topological polar surface area (TPSA) is 46.3 Å². The van der Waals surface area contributed by atoms with E-state index in [0.29, 0.717) is 16.3 Å². The molecular weight excluding hydrogens is 260 g/mol. The predicted molar refractivity (Wildman–Crippen MR) is 79.8 cm³/mol. The number of carbonyl (C=O) groups is 1. The van der Waals surface area contributed by atoms with E-state index in [-0.39, 0.29) is 5.91 Å². The lowest BCUT2D eigenvalue weighted by molar-refractivity contribution is 0.0993. The average Bonchev–Trinajstić information content (AvgIpc) is 2.40. The smallest absolute Gasteiger partial charge is 0.258 e. The molecule has 0 saturated carbocycles. The summed E-state index contributed by atoms with van der Waals surface area (Å²) in [6.07, 6.45) is 0. The number of rotatable bonds is 2. The zero-order valence-electron chi connectivity index (χ0n) is 10.9. The summed E-state index contributed by atoms with van der Waals surface area (Å²) in [6.45, 7) is 1.99. The molecule has 0 atom stereocenters. The van der Waals surface area contributed by atoms with Gasteiger partial charge in [0.05, 0.1) is 10.7 Å². The minimum absolute atomic E-state index is 0.118. The highest BCUT2D eigenvalue weighted by molar-refractivity contribution is 6.33. The van der Waals surface area contributed by atoms with Gasteiger partial charge in [-0.05, 0) is 42.8 Å². The first-order valence-electron chi connectivity index (χ1n) is 5.89. The van der Waals surface area contributed by atoms with Gasteiger partial charge in [0.15, 0.2) is 0 Å². The minimum Gasteiger partial charge on any atom is -0.398 e. The van der Waals surface area contributed by atoms with E-state index in [2.05, 4.69) is 0 Å². The molecule has 0 aliphatic heterocycles. The van der Waals surface area contributed by atoms with Gasteiger partial charge in [-0.25, -0.2) is 0 Å². The zero-order chi connectivity index (χ0) is 14.0. The molecule has 0 bridgehead atoms. The quantitative estimate of drug-likeness (QED) is 0.852. The Balaban J connectivity index is 2.30. The van der Waals surface area contributed by atoms with Crippen LogP contribution < -0.4 is 10.6 Å².